The first-order valence-electron chi connectivity index (χ1n) is 10.4. The molecule has 1 amide bonds. The summed E-state index contributed by atoms with van der Waals surface area (Å²) in [6, 6.07) is 15.3. The van der Waals surface area contributed by atoms with Crippen molar-refractivity contribution in [1.82, 2.24) is 10.2 Å². The third-order valence-corrected chi connectivity index (χ3v) is 5.99. The van der Waals surface area contributed by atoms with E-state index in [2.05, 4.69) is 41.4 Å². The Morgan fingerprint density at radius 3 is 2.64 bits per heavy atom. The number of hydrogen-bond acceptors (Lipinski definition) is 2. The van der Waals surface area contributed by atoms with E-state index in [1.165, 1.54) is 36.1 Å². The summed E-state index contributed by atoms with van der Waals surface area (Å²) < 4.78 is 13.2. The minimum atomic E-state index is -0.211. The lowest BCUT2D eigenvalue weighted by Gasteiger charge is -2.37. The highest BCUT2D eigenvalue weighted by Gasteiger charge is 2.33. The largest absolute Gasteiger partial charge is 0.356 e. The topological polar surface area (TPSA) is 32.3 Å². The van der Waals surface area contributed by atoms with E-state index in [0.29, 0.717) is 11.8 Å². The fourth-order valence-corrected chi connectivity index (χ4v) is 4.23. The maximum atomic E-state index is 13.2. The van der Waals surface area contributed by atoms with Crippen LogP contribution >= 0.6 is 0 Å². The van der Waals surface area contributed by atoms with Gasteiger partial charge in [0.1, 0.15) is 5.82 Å². The van der Waals surface area contributed by atoms with E-state index in [-0.39, 0.29) is 17.6 Å². The molecule has 1 heterocycles. The Labute approximate surface area is 166 Å². The second kappa shape index (κ2) is 8.44. The Kier molecular flexibility index (Phi) is 5.77. The molecule has 28 heavy (non-hydrogen) atoms. The lowest BCUT2D eigenvalue weighted by atomic mass is 9.83. The van der Waals surface area contributed by atoms with Crippen molar-refractivity contribution in [3.05, 3.63) is 71.0 Å². The van der Waals surface area contributed by atoms with Crippen LogP contribution < -0.4 is 5.32 Å². The van der Waals surface area contributed by atoms with E-state index in [4.69, 9.17) is 0 Å². The van der Waals surface area contributed by atoms with Gasteiger partial charge in [0.25, 0.3) is 0 Å². The summed E-state index contributed by atoms with van der Waals surface area (Å²) in [4.78, 5) is 15.2. The first-order chi connectivity index (χ1) is 13.6. The normalized spacial score (nSPS) is 22.8. The van der Waals surface area contributed by atoms with Crippen LogP contribution in [0.4, 0.5) is 4.39 Å². The molecule has 0 aromatic heterocycles. The summed E-state index contributed by atoms with van der Waals surface area (Å²) in [5.74, 6) is 1.00. The van der Waals surface area contributed by atoms with Crippen molar-refractivity contribution in [3.63, 3.8) is 0 Å². The predicted octanol–water partition coefficient (Wildman–Crippen LogP) is 4.27. The zero-order chi connectivity index (χ0) is 19.5. The van der Waals surface area contributed by atoms with Crippen LogP contribution in [-0.2, 0) is 11.3 Å². The number of piperidine rings is 1. The third-order valence-electron chi connectivity index (χ3n) is 5.99. The molecule has 1 aliphatic heterocycles. The number of amides is 1. The zero-order valence-corrected chi connectivity index (χ0v) is 16.5. The standard InChI is InChI=1S/C24H29FN2O/c1-17-3-2-4-20(11-17)21-12-22(24(28)26-13-18-5-6-18)16-27(15-21)14-19-7-9-23(25)10-8-19/h2-4,7-11,18,21-22H,5-6,12-16H2,1H3,(H,26,28)/t21-,22-/m0/s1. The van der Waals surface area contributed by atoms with Crippen LogP contribution in [0.25, 0.3) is 0 Å². The third kappa shape index (κ3) is 4.99. The number of aryl methyl sites for hydroxylation is 1. The van der Waals surface area contributed by atoms with Crippen LogP contribution in [0.15, 0.2) is 48.5 Å². The SMILES string of the molecule is Cc1cccc([C@H]2C[C@H](C(=O)NCC3CC3)CN(Cc3ccc(F)cc3)C2)c1. The molecule has 2 aliphatic rings. The lowest BCUT2D eigenvalue weighted by molar-refractivity contribution is -0.127. The number of halogens is 1. The van der Waals surface area contributed by atoms with Crippen LogP contribution in [0.1, 0.15) is 41.9 Å². The van der Waals surface area contributed by atoms with Gasteiger partial charge in [-0.3, -0.25) is 9.69 Å². The fraction of sp³-hybridized carbons (Fsp3) is 0.458. The first kappa shape index (κ1) is 19.1. The van der Waals surface area contributed by atoms with Gasteiger partial charge in [0, 0.05) is 26.2 Å². The predicted molar refractivity (Wildman–Crippen MR) is 109 cm³/mol. The van der Waals surface area contributed by atoms with E-state index in [9.17, 15) is 9.18 Å². The summed E-state index contributed by atoms with van der Waals surface area (Å²) in [5, 5.41) is 3.17. The molecular weight excluding hydrogens is 351 g/mol. The summed E-state index contributed by atoms with van der Waals surface area (Å²) in [6.45, 7) is 5.36. The van der Waals surface area contributed by atoms with Gasteiger partial charge in [0.2, 0.25) is 5.91 Å². The number of rotatable bonds is 6. The average molecular weight is 381 g/mol. The van der Waals surface area contributed by atoms with Crippen molar-refractivity contribution in [2.45, 2.75) is 38.6 Å². The highest BCUT2D eigenvalue weighted by atomic mass is 19.1. The molecule has 0 unspecified atom stereocenters. The zero-order valence-electron chi connectivity index (χ0n) is 16.5. The van der Waals surface area contributed by atoms with E-state index in [0.717, 1.165) is 38.2 Å². The molecule has 1 aliphatic carbocycles. The number of likely N-dealkylation sites (tertiary alicyclic amines) is 1. The van der Waals surface area contributed by atoms with Gasteiger partial charge in [-0.2, -0.15) is 0 Å². The quantitative estimate of drug-likeness (QED) is 0.812. The second-order valence-electron chi connectivity index (χ2n) is 8.55. The van der Waals surface area contributed by atoms with Crippen molar-refractivity contribution in [2.75, 3.05) is 19.6 Å². The molecule has 2 fully saturated rings. The molecule has 148 valence electrons. The molecule has 3 nitrogen and oxygen atoms in total. The van der Waals surface area contributed by atoms with Gasteiger partial charge in [-0.15, -0.1) is 0 Å². The number of hydrogen-bond donors (Lipinski definition) is 1. The molecule has 1 saturated carbocycles. The van der Waals surface area contributed by atoms with Gasteiger partial charge in [-0.05, 0) is 61.3 Å². The van der Waals surface area contributed by atoms with Crippen LogP contribution in [-0.4, -0.2) is 30.4 Å². The number of nitrogens with zero attached hydrogens (tertiary/aromatic N) is 1. The Morgan fingerprint density at radius 1 is 1.14 bits per heavy atom. The summed E-state index contributed by atoms with van der Waals surface area (Å²) in [6.07, 6.45) is 3.38. The van der Waals surface area contributed by atoms with Crippen molar-refractivity contribution in [3.8, 4) is 0 Å². The van der Waals surface area contributed by atoms with Crippen LogP contribution in [0.3, 0.4) is 0 Å². The monoisotopic (exact) mass is 380 g/mol. The molecule has 2 aromatic rings. The van der Waals surface area contributed by atoms with E-state index in [1.807, 2.05) is 12.1 Å². The molecule has 1 N–H and O–H groups in total. The molecule has 2 aromatic carbocycles. The van der Waals surface area contributed by atoms with Gasteiger partial charge in [-0.25, -0.2) is 4.39 Å². The molecule has 4 rings (SSSR count). The van der Waals surface area contributed by atoms with Gasteiger partial charge >= 0.3 is 0 Å². The van der Waals surface area contributed by atoms with Crippen molar-refractivity contribution < 1.29 is 9.18 Å². The van der Waals surface area contributed by atoms with Gasteiger partial charge < -0.3 is 5.32 Å². The van der Waals surface area contributed by atoms with Gasteiger partial charge in [0.05, 0.1) is 5.92 Å². The molecule has 1 saturated heterocycles. The fourth-order valence-electron chi connectivity index (χ4n) is 4.23. The maximum Gasteiger partial charge on any atom is 0.224 e. The molecule has 0 bridgehead atoms. The first-order valence-corrected chi connectivity index (χ1v) is 10.4. The Bertz CT molecular complexity index is 816. The van der Waals surface area contributed by atoms with Crippen molar-refractivity contribution in [1.29, 1.82) is 0 Å². The van der Waals surface area contributed by atoms with E-state index in [1.54, 1.807) is 0 Å². The highest BCUT2D eigenvalue weighted by Crippen LogP contribution is 2.32. The second-order valence-corrected chi connectivity index (χ2v) is 8.55. The smallest absolute Gasteiger partial charge is 0.224 e. The van der Waals surface area contributed by atoms with Crippen LogP contribution in [0.2, 0.25) is 0 Å². The number of carbonyl (C=O) groups is 1. The summed E-state index contributed by atoms with van der Waals surface area (Å²) in [5.41, 5.74) is 3.65. The molecule has 0 spiro atoms. The van der Waals surface area contributed by atoms with Crippen LogP contribution in [0, 0.1) is 24.6 Å². The lowest BCUT2D eigenvalue weighted by Crippen LogP contribution is -2.45. The highest BCUT2D eigenvalue weighted by molar-refractivity contribution is 5.79. The molecule has 0 radical (unpaired) electrons. The van der Waals surface area contributed by atoms with Crippen molar-refractivity contribution >= 4 is 5.91 Å². The van der Waals surface area contributed by atoms with Gasteiger partial charge in [0.15, 0.2) is 0 Å². The van der Waals surface area contributed by atoms with Crippen LogP contribution in [0.5, 0.6) is 0 Å². The average Bonchev–Trinajstić information content (AvgIpc) is 3.52. The summed E-state index contributed by atoms with van der Waals surface area (Å²) >= 11 is 0. The number of benzene rings is 2. The Morgan fingerprint density at radius 2 is 1.93 bits per heavy atom. The summed E-state index contributed by atoms with van der Waals surface area (Å²) in [7, 11) is 0. The number of nitrogens with one attached hydrogen (secondary N) is 1. The maximum absolute atomic E-state index is 13.2. The van der Waals surface area contributed by atoms with E-state index < -0.39 is 0 Å². The minimum Gasteiger partial charge on any atom is -0.356 e. The molecular formula is C24H29FN2O. The van der Waals surface area contributed by atoms with Crippen molar-refractivity contribution in [2.24, 2.45) is 11.8 Å². The molecule has 2 atom stereocenters. The number of carbonyl (C=O) groups excluding carboxylic acids is 1. The minimum absolute atomic E-state index is 0.00143. The Hall–Kier alpha value is -2.20. The Balaban J connectivity index is 1.49. The van der Waals surface area contributed by atoms with Gasteiger partial charge in [-0.1, -0.05) is 42.0 Å². The molecule has 4 heteroatoms. The van der Waals surface area contributed by atoms with E-state index >= 15 is 0 Å².